The minimum Gasteiger partial charge on any atom is -0.506 e. The van der Waals surface area contributed by atoms with Crippen LogP contribution in [0.2, 0.25) is 5.02 Å². The number of aliphatic carboxylic acids is 1. The number of ether oxygens (including phenoxy) is 1. The second-order valence-corrected chi connectivity index (χ2v) is 4.23. The van der Waals surface area contributed by atoms with Gasteiger partial charge in [-0.1, -0.05) is 17.7 Å². The molecule has 1 aromatic carbocycles. The van der Waals surface area contributed by atoms with Crippen LogP contribution in [-0.2, 0) is 4.79 Å². The minimum absolute atomic E-state index is 0.0394. The Morgan fingerprint density at radius 1 is 1.30 bits per heavy atom. The topological polar surface area (TPSA) is 79.7 Å². The van der Waals surface area contributed by atoms with Crippen LogP contribution in [0, 0.1) is 0 Å². The van der Waals surface area contributed by atoms with Gasteiger partial charge in [-0.3, -0.25) is 0 Å². The van der Waals surface area contributed by atoms with Crippen molar-refractivity contribution >= 4 is 23.6 Å². The van der Waals surface area contributed by atoms with Crippen LogP contribution in [-0.4, -0.2) is 21.2 Å². The molecular formula is C14H10ClNO4. The van der Waals surface area contributed by atoms with Crippen molar-refractivity contribution in [3.63, 3.8) is 0 Å². The second-order valence-electron chi connectivity index (χ2n) is 3.82. The monoisotopic (exact) mass is 291 g/mol. The first kappa shape index (κ1) is 13.9. The fraction of sp³-hybridized carbons (Fsp3) is 0. The number of aromatic hydroxyl groups is 1. The predicted molar refractivity (Wildman–Crippen MR) is 74.1 cm³/mol. The molecule has 6 heteroatoms. The molecule has 1 aromatic heterocycles. The van der Waals surface area contributed by atoms with Crippen molar-refractivity contribution in [2.45, 2.75) is 0 Å². The number of hydrogen-bond acceptors (Lipinski definition) is 4. The zero-order chi connectivity index (χ0) is 14.5. The molecule has 1 heterocycles. The number of carboxylic acid groups (broad SMARTS) is 1. The number of hydrogen-bond donors (Lipinski definition) is 2. The number of carbonyl (C=O) groups is 1. The Labute approximate surface area is 119 Å². The molecule has 0 spiro atoms. The lowest BCUT2D eigenvalue weighted by molar-refractivity contribution is -0.131. The van der Waals surface area contributed by atoms with E-state index in [1.54, 1.807) is 18.2 Å². The quantitative estimate of drug-likeness (QED) is 0.845. The number of aromatic nitrogens is 1. The molecule has 0 aliphatic rings. The molecule has 0 aliphatic carbocycles. The SMILES string of the molecule is O=C(O)C=Cc1ccc(Oc2ccc(O)cn2)c(Cl)c1. The Morgan fingerprint density at radius 2 is 2.10 bits per heavy atom. The number of halogens is 1. The van der Waals surface area contributed by atoms with Crippen LogP contribution in [0.25, 0.3) is 6.08 Å². The summed E-state index contributed by atoms with van der Waals surface area (Å²) in [5.74, 6) is -0.316. The van der Waals surface area contributed by atoms with E-state index in [2.05, 4.69) is 4.98 Å². The maximum Gasteiger partial charge on any atom is 0.328 e. The predicted octanol–water partition coefficient (Wildman–Crippen LogP) is 3.33. The molecule has 0 radical (unpaired) electrons. The van der Waals surface area contributed by atoms with Crippen LogP contribution in [0.1, 0.15) is 5.56 Å². The molecule has 0 bridgehead atoms. The number of pyridine rings is 1. The number of nitrogens with zero attached hydrogens (tertiary/aromatic N) is 1. The van der Waals surface area contributed by atoms with Gasteiger partial charge in [-0.05, 0) is 29.8 Å². The zero-order valence-electron chi connectivity index (χ0n) is 10.2. The molecule has 102 valence electrons. The lowest BCUT2D eigenvalue weighted by atomic mass is 10.2. The molecule has 20 heavy (non-hydrogen) atoms. The van der Waals surface area contributed by atoms with Crippen molar-refractivity contribution in [2.75, 3.05) is 0 Å². The summed E-state index contributed by atoms with van der Waals surface area (Å²) in [6, 6.07) is 7.81. The smallest absolute Gasteiger partial charge is 0.328 e. The first-order chi connectivity index (χ1) is 9.54. The lowest BCUT2D eigenvalue weighted by Crippen LogP contribution is -1.89. The first-order valence-corrected chi connectivity index (χ1v) is 5.96. The third kappa shape index (κ3) is 3.73. The average Bonchev–Trinajstić information content (AvgIpc) is 2.41. The normalized spacial score (nSPS) is 10.7. The van der Waals surface area contributed by atoms with Gasteiger partial charge in [0, 0.05) is 12.1 Å². The van der Waals surface area contributed by atoms with Crippen molar-refractivity contribution < 1.29 is 19.7 Å². The maximum atomic E-state index is 10.4. The highest BCUT2D eigenvalue weighted by Gasteiger charge is 2.05. The van der Waals surface area contributed by atoms with Crippen LogP contribution >= 0.6 is 11.6 Å². The summed E-state index contributed by atoms with van der Waals surface area (Å²) in [7, 11) is 0. The highest BCUT2D eigenvalue weighted by molar-refractivity contribution is 6.32. The van der Waals surface area contributed by atoms with Crippen LogP contribution in [0.4, 0.5) is 0 Å². The molecule has 0 atom stereocenters. The van der Waals surface area contributed by atoms with Gasteiger partial charge in [0.1, 0.15) is 11.5 Å². The summed E-state index contributed by atoms with van der Waals surface area (Å²) >= 11 is 6.04. The molecule has 2 rings (SSSR count). The highest BCUT2D eigenvalue weighted by atomic mass is 35.5. The van der Waals surface area contributed by atoms with Gasteiger partial charge in [0.25, 0.3) is 0 Å². The highest BCUT2D eigenvalue weighted by Crippen LogP contribution is 2.30. The van der Waals surface area contributed by atoms with E-state index in [1.807, 2.05) is 0 Å². The molecule has 0 saturated heterocycles. The van der Waals surface area contributed by atoms with Crippen molar-refractivity contribution in [1.29, 1.82) is 0 Å². The molecule has 0 unspecified atom stereocenters. The van der Waals surface area contributed by atoms with E-state index in [0.717, 1.165) is 6.08 Å². The molecule has 2 aromatic rings. The zero-order valence-corrected chi connectivity index (χ0v) is 10.9. The standard InChI is InChI=1S/C14H10ClNO4/c15-11-7-9(2-6-14(18)19)1-4-12(11)20-13-5-3-10(17)8-16-13/h1-8,17H,(H,18,19). The van der Waals surface area contributed by atoms with Gasteiger partial charge in [0.15, 0.2) is 0 Å². The Hall–Kier alpha value is -2.53. The summed E-state index contributed by atoms with van der Waals surface area (Å²) in [5.41, 5.74) is 0.642. The van der Waals surface area contributed by atoms with Gasteiger partial charge in [-0.25, -0.2) is 9.78 Å². The third-order valence-electron chi connectivity index (χ3n) is 2.31. The summed E-state index contributed by atoms with van der Waals surface area (Å²) in [6.07, 6.45) is 3.71. The van der Waals surface area contributed by atoms with E-state index in [9.17, 15) is 4.79 Å². The third-order valence-corrected chi connectivity index (χ3v) is 2.60. The molecule has 0 fully saturated rings. The fourth-order valence-electron chi connectivity index (χ4n) is 1.42. The minimum atomic E-state index is -1.03. The summed E-state index contributed by atoms with van der Waals surface area (Å²) in [4.78, 5) is 14.3. The van der Waals surface area contributed by atoms with Crippen LogP contribution in [0.15, 0.2) is 42.6 Å². The summed E-state index contributed by atoms with van der Waals surface area (Å²) in [6.45, 7) is 0. The van der Waals surface area contributed by atoms with E-state index in [1.165, 1.54) is 24.4 Å². The van der Waals surface area contributed by atoms with E-state index >= 15 is 0 Å². The van der Waals surface area contributed by atoms with E-state index in [4.69, 9.17) is 26.6 Å². The number of carboxylic acids is 1. The lowest BCUT2D eigenvalue weighted by Gasteiger charge is -2.07. The van der Waals surface area contributed by atoms with Crippen LogP contribution in [0.5, 0.6) is 17.4 Å². The maximum absolute atomic E-state index is 10.4. The number of rotatable bonds is 4. The van der Waals surface area contributed by atoms with Gasteiger partial charge >= 0.3 is 5.97 Å². The Kier molecular flexibility index (Phi) is 4.22. The van der Waals surface area contributed by atoms with Crippen LogP contribution in [0.3, 0.4) is 0 Å². The molecule has 2 N–H and O–H groups in total. The van der Waals surface area contributed by atoms with Crippen molar-refractivity contribution in [3.8, 4) is 17.4 Å². The Bertz CT molecular complexity index is 653. The Balaban J connectivity index is 2.17. The van der Waals surface area contributed by atoms with Crippen LogP contribution < -0.4 is 4.74 Å². The summed E-state index contributed by atoms with van der Waals surface area (Å²) < 4.78 is 5.45. The van der Waals surface area contributed by atoms with Gasteiger partial charge in [-0.15, -0.1) is 0 Å². The molecule has 0 saturated carbocycles. The second kappa shape index (κ2) is 6.08. The molecule has 0 amide bonds. The van der Waals surface area contributed by atoms with E-state index in [-0.39, 0.29) is 5.75 Å². The average molecular weight is 292 g/mol. The fourth-order valence-corrected chi connectivity index (χ4v) is 1.64. The molecule has 5 nitrogen and oxygen atoms in total. The van der Waals surface area contributed by atoms with E-state index < -0.39 is 5.97 Å². The van der Waals surface area contributed by atoms with Gasteiger partial charge in [-0.2, -0.15) is 0 Å². The van der Waals surface area contributed by atoms with Gasteiger partial charge in [0.05, 0.1) is 11.2 Å². The first-order valence-electron chi connectivity index (χ1n) is 5.58. The summed E-state index contributed by atoms with van der Waals surface area (Å²) in [5, 5.41) is 18.0. The largest absolute Gasteiger partial charge is 0.506 e. The van der Waals surface area contributed by atoms with Gasteiger partial charge < -0.3 is 14.9 Å². The van der Waals surface area contributed by atoms with Crippen molar-refractivity contribution in [3.05, 3.63) is 53.2 Å². The van der Waals surface area contributed by atoms with E-state index in [0.29, 0.717) is 22.2 Å². The van der Waals surface area contributed by atoms with Crippen molar-refractivity contribution in [1.82, 2.24) is 4.98 Å². The Morgan fingerprint density at radius 3 is 2.70 bits per heavy atom. The molecule has 0 aliphatic heterocycles. The van der Waals surface area contributed by atoms with Crippen molar-refractivity contribution in [2.24, 2.45) is 0 Å². The number of benzene rings is 1. The molecular weight excluding hydrogens is 282 g/mol. The van der Waals surface area contributed by atoms with Gasteiger partial charge in [0.2, 0.25) is 5.88 Å².